The quantitative estimate of drug-likeness (QED) is 0.289. The van der Waals surface area contributed by atoms with E-state index in [1.54, 1.807) is 24.3 Å². The van der Waals surface area contributed by atoms with Crippen LogP contribution in [-0.2, 0) is 24.5 Å². The van der Waals surface area contributed by atoms with Gasteiger partial charge in [0.15, 0.2) is 11.9 Å². The first kappa shape index (κ1) is 29.0. The second kappa shape index (κ2) is 13.2. The Hall–Kier alpha value is -2.19. The zero-order valence-electron chi connectivity index (χ0n) is 20.0. The summed E-state index contributed by atoms with van der Waals surface area (Å²) in [6, 6.07) is 11.0. The average molecular weight is 548 g/mol. The number of alkyl halides is 1. The topological polar surface area (TPSA) is 91.3 Å². The molecule has 0 fully saturated rings. The molecule has 35 heavy (non-hydrogen) atoms. The highest BCUT2D eigenvalue weighted by Crippen LogP contribution is 2.40. The molecule has 0 aromatic heterocycles. The van der Waals surface area contributed by atoms with Crippen LogP contribution < -0.4 is 9.47 Å². The number of aliphatic hydroxyl groups is 1. The van der Waals surface area contributed by atoms with Crippen molar-refractivity contribution < 1.29 is 33.6 Å². The van der Waals surface area contributed by atoms with Crippen molar-refractivity contribution >= 4 is 46.7 Å². The summed E-state index contributed by atoms with van der Waals surface area (Å²) in [5.74, 6) is -0.0182. The molecule has 2 aromatic carbocycles. The molecule has 0 heterocycles. The third-order valence-electron chi connectivity index (χ3n) is 5.19. The number of rotatable bonds is 12. The van der Waals surface area contributed by atoms with E-state index in [-0.39, 0.29) is 31.5 Å². The summed E-state index contributed by atoms with van der Waals surface area (Å²) < 4.78 is 21.4. The summed E-state index contributed by atoms with van der Waals surface area (Å²) in [6.45, 7) is 6.34. The first-order valence-corrected chi connectivity index (χ1v) is 12.1. The number of ether oxygens (including phenoxy) is 4. The molecule has 1 N–H and O–H groups in total. The minimum Gasteiger partial charge on any atom is -0.490 e. The molecule has 192 valence electrons. The van der Waals surface area contributed by atoms with E-state index in [0.717, 1.165) is 11.1 Å². The highest BCUT2D eigenvalue weighted by molar-refractivity contribution is 6.37. The largest absolute Gasteiger partial charge is 0.490 e. The third kappa shape index (κ3) is 8.46. The lowest BCUT2D eigenvalue weighted by Gasteiger charge is -2.27. The van der Waals surface area contributed by atoms with E-state index in [2.05, 4.69) is 0 Å². The Labute approximate surface area is 220 Å². The molecule has 0 unspecified atom stereocenters. The van der Waals surface area contributed by atoms with E-state index in [9.17, 15) is 14.7 Å². The van der Waals surface area contributed by atoms with Gasteiger partial charge in [0.1, 0.15) is 25.1 Å². The maximum Gasteiger partial charge on any atom is 0.303 e. The molecule has 0 aliphatic heterocycles. The summed E-state index contributed by atoms with van der Waals surface area (Å²) >= 11 is 18.8. The maximum absolute atomic E-state index is 11.2. The van der Waals surface area contributed by atoms with Crippen LogP contribution in [0.15, 0.2) is 36.4 Å². The summed E-state index contributed by atoms with van der Waals surface area (Å²) in [7, 11) is 0. The minimum atomic E-state index is -0.734. The predicted octanol–water partition coefficient (Wildman–Crippen LogP) is 5.17. The van der Waals surface area contributed by atoms with Gasteiger partial charge in [0.2, 0.25) is 0 Å². The number of hydrogen-bond acceptors (Lipinski definition) is 7. The second-order valence-corrected chi connectivity index (χ2v) is 9.46. The van der Waals surface area contributed by atoms with Crippen LogP contribution in [0.5, 0.6) is 11.5 Å². The van der Waals surface area contributed by atoms with Gasteiger partial charge < -0.3 is 24.1 Å². The van der Waals surface area contributed by atoms with Crippen LogP contribution in [0.25, 0.3) is 0 Å². The molecule has 10 heteroatoms. The van der Waals surface area contributed by atoms with Crippen LogP contribution >= 0.6 is 34.8 Å². The standard InChI is InChI=1S/C25H29Cl3O7/c1-15(30)34-20(11-26)13-33-24-22(27)9-18(10-23(24)28)25(3,4)17-5-7-19(8-6-17)32-14-21(12-29)35-16(2)31/h5-10,20-21,29H,11-14H2,1-4H3/t20-,21-/m0/s1. The Bertz CT molecular complexity index is 986. The molecule has 0 saturated heterocycles. The molecule has 0 aliphatic carbocycles. The van der Waals surface area contributed by atoms with Gasteiger partial charge in [0, 0.05) is 19.3 Å². The molecule has 7 nitrogen and oxygen atoms in total. The lowest BCUT2D eigenvalue weighted by molar-refractivity contribution is -0.150. The van der Waals surface area contributed by atoms with Crippen LogP contribution in [-0.4, -0.2) is 55.0 Å². The van der Waals surface area contributed by atoms with E-state index in [1.807, 2.05) is 26.0 Å². The normalized spacial score (nSPS) is 13.0. The van der Waals surface area contributed by atoms with E-state index in [4.69, 9.17) is 53.8 Å². The summed E-state index contributed by atoms with van der Waals surface area (Å²) in [4.78, 5) is 22.2. The molecule has 0 saturated carbocycles. The van der Waals surface area contributed by atoms with E-state index >= 15 is 0 Å². The molecule has 0 bridgehead atoms. The fourth-order valence-electron chi connectivity index (χ4n) is 3.26. The third-order valence-corrected chi connectivity index (χ3v) is 6.09. The first-order chi connectivity index (χ1) is 16.5. The summed E-state index contributed by atoms with van der Waals surface area (Å²) in [6.07, 6.45) is -1.36. The predicted molar refractivity (Wildman–Crippen MR) is 135 cm³/mol. The number of halogens is 3. The maximum atomic E-state index is 11.2. The fraction of sp³-hybridized carbons (Fsp3) is 0.440. The molecule has 2 atom stereocenters. The Morgan fingerprint density at radius 2 is 1.40 bits per heavy atom. The number of esters is 2. The SMILES string of the molecule is CC(=O)O[C@@H](CO)COc1ccc(C(C)(C)c2cc(Cl)c(OC[C@H](CCl)OC(C)=O)c(Cl)c2)cc1. The highest BCUT2D eigenvalue weighted by atomic mass is 35.5. The molecule has 2 aromatic rings. The monoisotopic (exact) mass is 546 g/mol. The van der Waals surface area contributed by atoms with Crippen molar-refractivity contribution in [3.8, 4) is 11.5 Å². The molecular formula is C25H29Cl3O7. The van der Waals surface area contributed by atoms with Gasteiger partial charge in [-0.2, -0.15) is 0 Å². The van der Waals surface area contributed by atoms with Crippen molar-refractivity contribution in [2.45, 2.75) is 45.3 Å². The fourth-order valence-corrected chi connectivity index (χ4v) is 4.01. The molecule has 0 radical (unpaired) electrons. The zero-order valence-corrected chi connectivity index (χ0v) is 22.2. The molecule has 2 rings (SSSR count). The van der Waals surface area contributed by atoms with Crippen LogP contribution in [0.4, 0.5) is 0 Å². The molecule has 0 aliphatic rings. The van der Waals surface area contributed by atoms with Gasteiger partial charge in [-0.25, -0.2) is 0 Å². The van der Waals surface area contributed by atoms with Crippen molar-refractivity contribution in [2.24, 2.45) is 0 Å². The molecular weight excluding hydrogens is 519 g/mol. The number of carbonyl (C=O) groups is 2. The van der Waals surface area contributed by atoms with Gasteiger partial charge >= 0.3 is 11.9 Å². The van der Waals surface area contributed by atoms with Gasteiger partial charge in [-0.05, 0) is 35.4 Å². The molecule has 0 spiro atoms. The first-order valence-electron chi connectivity index (χ1n) is 10.8. The Morgan fingerprint density at radius 3 is 1.89 bits per heavy atom. The van der Waals surface area contributed by atoms with Crippen molar-refractivity contribution in [2.75, 3.05) is 25.7 Å². The lowest BCUT2D eigenvalue weighted by atomic mass is 9.78. The number of aliphatic hydroxyl groups excluding tert-OH is 1. The number of benzene rings is 2. The Balaban J connectivity index is 2.14. The van der Waals surface area contributed by atoms with E-state index in [1.165, 1.54) is 13.8 Å². The average Bonchev–Trinajstić information content (AvgIpc) is 2.80. The van der Waals surface area contributed by atoms with Gasteiger partial charge in [-0.15, -0.1) is 11.6 Å². The van der Waals surface area contributed by atoms with Crippen molar-refractivity contribution in [3.05, 3.63) is 57.6 Å². The van der Waals surface area contributed by atoms with Gasteiger partial charge in [0.05, 0.1) is 22.5 Å². The van der Waals surface area contributed by atoms with Crippen LogP contribution in [0, 0.1) is 0 Å². The van der Waals surface area contributed by atoms with Gasteiger partial charge in [0.25, 0.3) is 0 Å². The Kier molecular flexibility index (Phi) is 11.0. The second-order valence-electron chi connectivity index (χ2n) is 8.34. The molecule has 0 amide bonds. The van der Waals surface area contributed by atoms with Crippen LogP contribution in [0.1, 0.15) is 38.8 Å². The van der Waals surface area contributed by atoms with Gasteiger partial charge in [-0.1, -0.05) is 49.2 Å². The summed E-state index contributed by atoms with van der Waals surface area (Å²) in [5, 5.41) is 9.92. The van der Waals surface area contributed by atoms with E-state index < -0.39 is 29.6 Å². The lowest BCUT2D eigenvalue weighted by Crippen LogP contribution is -2.27. The summed E-state index contributed by atoms with van der Waals surface area (Å²) in [5.41, 5.74) is 1.37. The van der Waals surface area contributed by atoms with E-state index in [0.29, 0.717) is 15.8 Å². The van der Waals surface area contributed by atoms with Crippen molar-refractivity contribution in [3.63, 3.8) is 0 Å². The zero-order chi connectivity index (χ0) is 26.2. The van der Waals surface area contributed by atoms with Crippen molar-refractivity contribution in [1.29, 1.82) is 0 Å². The Morgan fingerprint density at radius 1 is 0.886 bits per heavy atom. The minimum absolute atomic E-state index is 0.0152. The van der Waals surface area contributed by atoms with Gasteiger partial charge in [-0.3, -0.25) is 9.59 Å². The number of carbonyl (C=O) groups excluding carboxylic acids is 2. The number of hydrogen-bond donors (Lipinski definition) is 1. The van der Waals surface area contributed by atoms with Crippen molar-refractivity contribution in [1.82, 2.24) is 0 Å². The van der Waals surface area contributed by atoms with Crippen LogP contribution in [0.2, 0.25) is 10.0 Å². The highest BCUT2D eigenvalue weighted by Gasteiger charge is 2.26. The van der Waals surface area contributed by atoms with Crippen LogP contribution in [0.3, 0.4) is 0 Å². The smallest absolute Gasteiger partial charge is 0.303 e.